The summed E-state index contributed by atoms with van der Waals surface area (Å²) < 4.78 is 10.4. The molecule has 0 aliphatic carbocycles. The summed E-state index contributed by atoms with van der Waals surface area (Å²) >= 11 is 19.8. The van der Waals surface area contributed by atoms with E-state index in [2.05, 4.69) is 34.6 Å². The van der Waals surface area contributed by atoms with Crippen molar-refractivity contribution in [2.45, 2.75) is 20.8 Å². The third kappa shape index (κ3) is 5.13. The molecular formula is C22H19Cl3N4OS. The minimum atomic E-state index is 0.243. The van der Waals surface area contributed by atoms with Gasteiger partial charge in [-0.05, 0) is 42.8 Å². The predicted octanol–water partition coefficient (Wildman–Crippen LogP) is 7.84. The van der Waals surface area contributed by atoms with Gasteiger partial charge in [0.25, 0.3) is 0 Å². The molecule has 0 spiro atoms. The van der Waals surface area contributed by atoms with Gasteiger partial charge in [0.2, 0.25) is 5.06 Å². The van der Waals surface area contributed by atoms with Crippen molar-refractivity contribution < 1.29 is 4.74 Å². The van der Waals surface area contributed by atoms with Gasteiger partial charge in [-0.2, -0.15) is 9.64 Å². The van der Waals surface area contributed by atoms with Crippen LogP contribution in [0.4, 0.5) is 5.69 Å². The molecule has 2 aromatic carbocycles. The molecule has 31 heavy (non-hydrogen) atoms. The van der Waals surface area contributed by atoms with E-state index in [1.54, 1.807) is 31.3 Å². The van der Waals surface area contributed by atoms with E-state index < -0.39 is 0 Å². The van der Waals surface area contributed by atoms with Gasteiger partial charge in [-0.3, -0.25) is 4.99 Å². The van der Waals surface area contributed by atoms with E-state index in [1.165, 1.54) is 0 Å². The molecule has 0 aliphatic heterocycles. The Hall–Kier alpha value is -2.30. The number of benzene rings is 2. The molecule has 0 radical (unpaired) electrons. The van der Waals surface area contributed by atoms with Crippen molar-refractivity contribution in [2.75, 3.05) is 12.4 Å². The number of amidine groups is 1. The average molecular weight is 494 g/mol. The summed E-state index contributed by atoms with van der Waals surface area (Å²) in [4.78, 5) is 4.28. The van der Waals surface area contributed by atoms with Gasteiger partial charge in [0, 0.05) is 40.8 Å². The standard InChI is InChI=1S/C22H19Cl3N4OS/c1-11(2)21(27-4)28-18-9-17(25)19(7-12(18)3)30-22-15(10-26)20(29-31-22)14-6-5-13(23)8-16(14)24/h5-9,11H,1-4H3,(H,27,28). The van der Waals surface area contributed by atoms with Crippen LogP contribution in [-0.2, 0) is 0 Å². The van der Waals surface area contributed by atoms with Crippen LogP contribution in [0.15, 0.2) is 35.3 Å². The number of ether oxygens (including phenoxy) is 1. The highest BCUT2D eigenvalue weighted by Gasteiger charge is 2.21. The molecule has 9 heteroatoms. The number of aliphatic imine (C=N–C) groups is 1. The molecular weight excluding hydrogens is 475 g/mol. The third-order valence-corrected chi connectivity index (χ3v) is 6.06. The summed E-state index contributed by atoms with van der Waals surface area (Å²) in [6.07, 6.45) is 0. The van der Waals surface area contributed by atoms with Crippen molar-refractivity contribution in [1.82, 2.24) is 4.37 Å². The Balaban J connectivity index is 1.94. The molecule has 160 valence electrons. The van der Waals surface area contributed by atoms with Gasteiger partial charge in [0.05, 0.1) is 10.0 Å². The number of hydrogen-bond acceptors (Lipinski definition) is 5. The summed E-state index contributed by atoms with van der Waals surface area (Å²) in [6, 6.07) is 10.8. The third-order valence-electron chi connectivity index (χ3n) is 4.49. The summed E-state index contributed by atoms with van der Waals surface area (Å²) in [5.41, 5.74) is 3.09. The van der Waals surface area contributed by atoms with E-state index in [0.717, 1.165) is 28.6 Å². The Kier molecular flexibility index (Phi) is 7.45. The maximum absolute atomic E-state index is 9.73. The summed E-state index contributed by atoms with van der Waals surface area (Å²) in [7, 11) is 1.74. The van der Waals surface area contributed by atoms with Crippen LogP contribution in [0.5, 0.6) is 10.8 Å². The summed E-state index contributed by atoms with van der Waals surface area (Å²) in [5, 5.41) is 14.7. The first-order valence-electron chi connectivity index (χ1n) is 9.32. The molecule has 0 saturated heterocycles. The van der Waals surface area contributed by atoms with E-state index >= 15 is 0 Å². The minimum absolute atomic E-state index is 0.243. The van der Waals surface area contributed by atoms with Crippen molar-refractivity contribution in [2.24, 2.45) is 10.9 Å². The molecule has 1 heterocycles. The monoisotopic (exact) mass is 492 g/mol. The number of halogens is 3. The summed E-state index contributed by atoms with van der Waals surface area (Å²) in [6.45, 7) is 6.05. The molecule has 1 N–H and O–H groups in total. The van der Waals surface area contributed by atoms with Gasteiger partial charge in [-0.1, -0.05) is 48.7 Å². The topological polar surface area (TPSA) is 70.3 Å². The molecule has 0 atom stereocenters. The van der Waals surface area contributed by atoms with Gasteiger partial charge >= 0.3 is 0 Å². The van der Waals surface area contributed by atoms with Crippen molar-refractivity contribution in [3.05, 3.63) is 56.5 Å². The van der Waals surface area contributed by atoms with Gasteiger partial charge < -0.3 is 10.1 Å². The van der Waals surface area contributed by atoms with Crippen molar-refractivity contribution in [1.29, 1.82) is 5.26 Å². The molecule has 0 aliphatic rings. The van der Waals surface area contributed by atoms with Crippen molar-refractivity contribution >= 4 is 57.9 Å². The van der Waals surface area contributed by atoms with E-state index in [1.807, 2.05) is 13.0 Å². The van der Waals surface area contributed by atoms with Gasteiger partial charge in [-0.15, -0.1) is 0 Å². The molecule has 0 fully saturated rings. The zero-order chi connectivity index (χ0) is 22.7. The Bertz CT molecular complexity index is 1200. The number of hydrogen-bond donors (Lipinski definition) is 1. The number of anilines is 1. The van der Waals surface area contributed by atoms with Crippen LogP contribution in [-0.4, -0.2) is 17.3 Å². The van der Waals surface area contributed by atoms with Crippen LogP contribution in [0.1, 0.15) is 25.0 Å². The van der Waals surface area contributed by atoms with Crippen molar-refractivity contribution in [3.8, 4) is 28.1 Å². The summed E-state index contributed by atoms with van der Waals surface area (Å²) in [5.74, 6) is 1.53. The highest BCUT2D eigenvalue weighted by molar-refractivity contribution is 7.08. The first-order valence-corrected chi connectivity index (χ1v) is 11.2. The van der Waals surface area contributed by atoms with Crippen LogP contribution < -0.4 is 10.1 Å². The quantitative estimate of drug-likeness (QED) is 0.290. The smallest absolute Gasteiger partial charge is 0.218 e. The Morgan fingerprint density at radius 1 is 1.19 bits per heavy atom. The number of nitrogens with one attached hydrogen (secondary N) is 1. The second kappa shape index (κ2) is 9.88. The molecule has 5 nitrogen and oxygen atoms in total. The number of aromatic nitrogens is 1. The van der Waals surface area contributed by atoms with Crippen LogP contribution in [0.2, 0.25) is 15.1 Å². The lowest BCUT2D eigenvalue weighted by atomic mass is 10.1. The SMILES string of the molecule is CN=C(Nc1cc(Cl)c(Oc2snc(-c3ccc(Cl)cc3Cl)c2C#N)cc1C)C(C)C. The van der Waals surface area contributed by atoms with E-state index in [9.17, 15) is 5.26 Å². The lowest BCUT2D eigenvalue weighted by Crippen LogP contribution is -2.19. The van der Waals surface area contributed by atoms with Crippen molar-refractivity contribution in [3.63, 3.8) is 0 Å². The first kappa shape index (κ1) is 23.4. The second-order valence-corrected chi connectivity index (χ2v) is 9.00. The Labute approximate surface area is 200 Å². The molecule has 1 aromatic heterocycles. The predicted molar refractivity (Wildman–Crippen MR) is 130 cm³/mol. The van der Waals surface area contributed by atoms with Gasteiger partial charge in [-0.25, -0.2) is 0 Å². The first-order chi connectivity index (χ1) is 14.7. The Morgan fingerprint density at radius 3 is 2.55 bits per heavy atom. The number of rotatable bonds is 5. The van der Waals surface area contributed by atoms with Crippen LogP contribution >= 0.6 is 46.3 Å². The van der Waals surface area contributed by atoms with Gasteiger partial charge in [0.1, 0.15) is 28.9 Å². The zero-order valence-electron chi connectivity index (χ0n) is 17.3. The van der Waals surface area contributed by atoms with Gasteiger partial charge in [0.15, 0.2) is 0 Å². The van der Waals surface area contributed by atoms with Crippen LogP contribution in [0.25, 0.3) is 11.3 Å². The maximum Gasteiger partial charge on any atom is 0.218 e. The number of nitriles is 1. The molecule has 0 saturated carbocycles. The molecule has 0 unspecified atom stereocenters. The highest BCUT2D eigenvalue weighted by Crippen LogP contribution is 2.42. The average Bonchev–Trinajstić information content (AvgIpc) is 3.11. The lowest BCUT2D eigenvalue weighted by molar-refractivity contribution is 0.495. The van der Waals surface area contributed by atoms with E-state index in [0.29, 0.717) is 37.1 Å². The normalized spacial score (nSPS) is 11.5. The number of aryl methyl sites for hydroxylation is 1. The molecule has 0 bridgehead atoms. The second-order valence-electron chi connectivity index (χ2n) is 7.02. The molecule has 3 aromatic rings. The highest BCUT2D eigenvalue weighted by atomic mass is 35.5. The molecule has 3 rings (SSSR count). The fourth-order valence-corrected chi connectivity index (χ4v) is 4.30. The van der Waals surface area contributed by atoms with Crippen LogP contribution in [0.3, 0.4) is 0 Å². The maximum atomic E-state index is 9.73. The van der Waals surface area contributed by atoms with Crippen LogP contribution in [0, 0.1) is 24.2 Å². The zero-order valence-corrected chi connectivity index (χ0v) is 20.3. The lowest BCUT2D eigenvalue weighted by Gasteiger charge is -2.16. The van der Waals surface area contributed by atoms with E-state index in [-0.39, 0.29) is 11.5 Å². The Morgan fingerprint density at radius 2 is 1.94 bits per heavy atom. The fourth-order valence-electron chi connectivity index (χ4n) is 2.87. The fraction of sp³-hybridized carbons (Fsp3) is 0.227. The minimum Gasteiger partial charge on any atom is -0.442 e. The number of nitrogens with zero attached hydrogens (tertiary/aromatic N) is 3. The molecule has 0 amide bonds. The largest absolute Gasteiger partial charge is 0.442 e. The van der Waals surface area contributed by atoms with E-state index in [4.69, 9.17) is 39.5 Å².